The number of hydrogen-bond donors (Lipinski definition) is 0. The Kier molecular flexibility index (Phi) is 8.77. The molecule has 0 atom stereocenters. The zero-order valence-electron chi connectivity index (χ0n) is 15.3. The second-order valence-electron chi connectivity index (χ2n) is 5.48. The molecule has 0 fully saturated rings. The summed E-state index contributed by atoms with van der Waals surface area (Å²) in [4.78, 5) is 31.7. The Hall–Kier alpha value is -3.26. The summed E-state index contributed by atoms with van der Waals surface area (Å²) >= 11 is 11.3. The molecule has 0 aliphatic heterocycles. The molecule has 0 aromatic carbocycles. The van der Waals surface area contributed by atoms with Crippen molar-refractivity contribution >= 4 is 34.8 Å². The van der Waals surface area contributed by atoms with Gasteiger partial charge in [-0.05, 0) is 24.3 Å². The molecule has 0 aliphatic carbocycles. The van der Waals surface area contributed by atoms with Crippen LogP contribution in [0.1, 0.15) is 39.3 Å². The zero-order valence-corrected chi connectivity index (χ0v) is 16.8. The number of nitriles is 2. The second-order valence-corrected chi connectivity index (χ2v) is 6.29. The molecule has 0 radical (unpaired) electrons. The highest BCUT2D eigenvalue weighted by atomic mass is 35.5. The molecule has 2 aromatic heterocycles. The van der Waals surface area contributed by atoms with Crippen LogP contribution in [-0.4, -0.2) is 40.5 Å². The molecule has 142 valence electrons. The molecule has 28 heavy (non-hydrogen) atoms. The van der Waals surface area contributed by atoms with E-state index >= 15 is 0 Å². The van der Waals surface area contributed by atoms with Gasteiger partial charge in [-0.2, -0.15) is 10.5 Å². The minimum absolute atomic E-state index is 0.0609. The van der Waals surface area contributed by atoms with Gasteiger partial charge in [0.1, 0.15) is 23.5 Å². The number of pyridine rings is 2. The van der Waals surface area contributed by atoms with Gasteiger partial charge in [0.25, 0.3) is 0 Å². The lowest BCUT2D eigenvalue weighted by atomic mass is 10.2. The van der Waals surface area contributed by atoms with E-state index in [2.05, 4.69) is 9.97 Å². The predicted molar refractivity (Wildman–Crippen MR) is 105 cm³/mol. The molecule has 0 amide bonds. The van der Waals surface area contributed by atoms with Crippen LogP contribution in [0.2, 0.25) is 10.0 Å². The normalized spacial score (nSPS) is 9.68. The molecule has 2 heterocycles. The number of aromatic nitrogens is 2. The van der Waals surface area contributed by atoms with E-state index in [4.69, 9.17) is 33.7 Å². The summed E-state index contributed by atoms with van der Waals surface area (Å²) in [5, 5.41) is 17.7. The Bertz CT molecular complexity index is 1000. The van der Waals surface area contributed by atoms with Crippen LogP contribution in [-0.2, 0) is 0 Å². The number of rotatable bonds is 4. The molecule has 0 spiro atoms. The van der Waals surface area contributed by atoms with Crippen LogP contribution in [0.15, 0.2) is 36.5 Å². The topological polar surface area (TPSA) is 111 Å². The largest absolute Gasteiger partial charge is 0.383 e. The number of nitrogens with zero attached hydrogens (tertiary/aromatic N) is 5. The number of carbonyl (C=O) groups is 2. The molecule has 2 aromatic rings. The van der Waals surface area contributed by atoms with Gasteiger partial charge in [-0.1, -0.05) is 23.2 Å². The molecule has 0 bridgehead atoms. The van der Waals surface area contributed by atoms with Gasteiger partial charge in [-0.25, -0.2) is 9.97 Å². The predicted octanol–water partition coefficient (Wildman–Crippen LogP) is 3.67. The number of ketones is 2. The van der Waals surface area contributed by atoms with Crippen molar-refractivity contribution in [3.63, 3.8) is 0 Å². The van der Waals surface area contributed by atoms with E-state index in [-0.39, 0.29) is 44.4 Å². The maximum Gasteiger partial charge on any atom is 0.205 e. The number of carbonyl (C=O) groups excluding carboxylic acids is 2. The second kappa shape index (κ2) is 10.8. The summed E-state index contributed by atoms with van der Waals surface area (Å²) < 4.78 is 0. The molecular formula is C19H15Cl2N5O2. The third-order valence-corrected chi connectivity index (χ3v) is 3.65. The minimum Gasteiger partial charge on any atom is -0.383 e. The summed E-state index contributed by atoms with van der Waals surface area (Å²) in [6.45, 7) is 1.39. The average molecular weight is 416 g/mol. The van der Waals surface area contributed by atoms with Gasteiger partial charge in [0.15, 0.2) is 17.2 Å². The third kappa shape index (κ3) is 6.81. The first-order valence-corrected chi connectivity index (χ1v) is 8.48. The molecule has 0 unspecified atom stereocenters. The maximum atomic E-state index is 11.6. The van der Waals surface area contributed by atoms with Crippen LogP contribution in [0.4, 0.5) is 0 Å². The van der Waals surface area contributed by atoms with Crippen LogP contribution in [0.5, 0.6) is 0 Å². The lowest BCUT2D eigenvalue weighted by molar-refractivity contribution is 0.101. The van der Waals surface area contributed by atoms with Gasteiger partial charge in [0.05, 0.1) is 10.0 Å². The fraction of sp³-hybridized carbons (Fsp3) is 0.158. The van der Waals surface area contributed by atoms with Crippen LogP contribution >= 0.6 is 23.2 Å². The molecule has 0 saturated carbocycles. The summed E-state index contributed by atoms with van der Waals surface area (Å²) in [5.41, 5.74) is 0.616. The summed E-state index contributed by atoms with van der Waals surface area (Å²) in [5.74, 6) is -0.440. The Labute approximate surface area is 172 Å². The first kappa shape index (κ1) is 22.8. The van der Waals surface area contributed by atoms with Crippen molar-refractivity contribution in [1.29, 1.82) is 10.5 Å². The molecule has 0 N–H and O–H groups in total. The van der Waals surface area contributed by atoms with Gasteiger partial charge in [0.2, 0.25) is 5.78 Å². The molecule has 9 heteroatoms. The molecule has 0 saturated heterocycles. The smallest absolute Gasteiger partial charge is 0.205 e. The van der Waals surface area contributed by atoms with Crippen molar-refractivity contribution in [2.75, 3.05) is 14.1 Å². The average Bonchev–Trinajstić information content (AvgIpc) is 2.67. The van der Waals surface area contributed by atoms with Crippen molar-refractivity contribution in [3.05, 3.63) is 69.4 Å². The number of hydrogen-bond acceptors (Lipinski definition) is 7. The van der Waals surface area contributed by atoms with Crippen molar-refractivity contribution in [2.45, 2.75) is 6.92 Å². The fourth-order valence-corrected chi connectivity index (χ4v) is 1.97. The van der Waals surface area contributed by atoms with Crippen LogP contribution in [0, 0.1) is 22.7 Å². The zero-order chi connectivity index (χ0) is 21.3. The van der Waals surface area contributed by atoms with Crippen molar-refractivity contribution in [3.8, 4) is 12.1 Å². The van der Waals surface area contributed by atoms with Crippen LogP contribution < -0.4 is 0 Å². The van der Waals surface area contributed by atoms with E-state index in [0.717, 1.165) is 0 Å². The standard InChI is InChI=1S/C11H10ClN3O.C8H5ClN2O/c1-15(2)6-5-11(16)9-4-3-8(12)10(7-13)14-9;1-5(12)7-3-2-6(9)8(4-10)11-7/h3-6H,1-2H3;2-3H,1H3/b6-5+;. The van der Waals surface area contributed by atoms with Crippen LogP contribution in [0.3, 0.4) is 0 Å². The molecular weight excluding hydrogens is 401 g/mol. The van der Waals surface area contributed by atoms with Gasteiger partial charge < -0.3 is 4.90 Å². The third-order valence-electron chi connectivity index (χ3n) is 3.04. The number of allylic oxidation sites excluding steroid dienone is 1. The van der Waals surface area contributed by atoms with E-state index in [0.29, 0.717) is 0 Å². The Morgan fingerprint density at radius 2 is 1.43 bits per heavy atom. The number of Topliss-reactive ketones (excluding diaryl/α,β-unsaturated/α-hetero) is 1. The van der Waals surface area contributed by atoms with Crippen molar-refractivity contribution in [1.82, 2.24) is 14.9 Å². The monoisotopic (exact) mass is 415 g/mol. The van der Waals surface area contributed by atoms with Gasteiger partial charge >= 0.3 is 0 Å². The summed E-state index contributed by atoms with van der Waals surface area (Å²) in [6, 6.07) is 9.58. The van der Waals surface area contributed by atoms with E-state index in [1.807, 2.05) is 6.07 Å². The number of halogens is 2. The quantitative estimate of drug-likeness (QED) is 0.552. The summed E-state index contributed by atoms with van der Waals surface area (Å²) in [7, 11) is 3.61. The first-order chi connectivity index (χ1) is 13.2. The molecule has 0 aliphatic rings. The maximum absolute atomic E-state index is 11.6. The van der Waals surface area contributed by atoms with Crippen LogP contribution in [0.25, 0.3) is 0 Å². The first-order valence-electron chi connectivity index (χ1n) is 7.72. The lowest BCUT2D eigenvalue weighted by Crippen LogP contribution is -2.05. The van der Waals surface area contributed by atoms with Crippen molar-refractivity contribution in [2.24, 2.45) is 0 Å². The van der Waals surface area contributed by atoms with E-state index < -0.39 is 0 Å². The molecule has 2 rings (SSSR count). The van der Waals surface area contributed by atoms with Gasteiger partial charge in [-0.3, -0.25) is 9.59 Å². The van der Waals surface area contributed by atoms with Gasteiger partial charge in [-0.15, -0.1) is 0 Å². The van der Waals surface area contributed by atoms with E-state index in [1.165, 1.54) is 37.3 Å². The highest BCUT2D eigenvalue weighted by Gasteiger charge is 2.08. The minimum atomic E-state index is -0.262. The van der Waals surface area contributed by atoms with Crippen molar-refractivity contribution < 1.29 is 9.59 Å². The highest BCUT2D eigenvalue weighted by molar-refractivity contribution is 6.31. The lowest BCUT2D eigenvalue weighted by Gasteiger charge is -2.02. The van der Waals surface area contributed by atoms with E-state index in [1.54, 1.807) is 31.3 Å². The Morgan fingerprint density at radius 1 is 0.964 bits per heavy atom. The van der Waals surface area contributed by atoms with Gasteiger partial charge in [0, 0.05) is 33.3 Å². The Morgan fingerprint density at radius 3 is 1.86 bits per heavy atom. The fourth-order valence-electron chi connectivity index (χ4n) is 1.68. The highest BCUT2D eigenvalue weighted by Crippen LogP contribution is 2.14. The molecule has 7 nitrogen and oxygen atoms in total. The SMILES string of the molecule is CC(=O)c1ccc(Cl)c(C#N)n1.CN(C)/C=C/C(=O)c1ccc(Cl)c(C#N)n1. The van der Waals surface area contributed by atoms with E-state index in [9.17, 15) is 9.59 Å². The Balaban J connectivity index is 0.000000292. The summed E-state index contributed by atoms with van der Waals surface area (Å²) in [6.07, 6.45) is 3.00.